The van der Waals surface area contributed by atoms with Gasteiger partial charge in [0.25, 0.3) is 0 Å². The summed E-state index contributed by atoms with van der Waals surface area (Å²) in [6.07, 6.45) is 1.98. The molecule has 0 spiro atoms. The minimum absolute atomic E-state index is 0.118. The smallest absolute Gasteiger partial charge is 0.141 e. The molecular weight excluding hydrogens is 269 g/mol. The van der Waals surface area contributed by atoms with Gasteiger partial charge in [0.05, 0.1) is 17.7 Å². The number of ether oxygens (including phenoxy) is 1. The first kappa shape index (κ1) is 14.7. The number of rotatable bonds is 8. The Morgan fingerprint density at radius 1 is 1.47 bits per heavy atom. The number of hydrogen-bond donors (Lipinski definition) is 2. The molecule has 1 atom stereocenters. The lowest BCUT2D eigenvalue weighted by Gasteiger charge is -2.12. The molecule has 0 saturated heterocycles. The predicted molar refractivity (Wildman–Crippen MR) is 72.7 cm³/mol. The molecule has 5 heteroatoms. The lowest BCUT2D eigenvalue weighted by atomic mass is 10.2. The molecule has 19 heavy (non-hydrogen) atoms. The van der Waals surface area contributed by atoms with Gasteiger partial charge in [-0.15, -0.1) is 0 Å². The third-order valence-corrected chi connectivity index (χ3v) is 3.34. The maximum Gasteiger partial charge on any atom is 0.141 e. The van der Waals surface area contributed by atoms with Gasteiger partial charge in [-0.3, -0.25) is 0 Å². The van der Waals surface area contributed by atoms with Gasteiger partial charge in [-0.25, -0.2) is 4.39 Å². The SMILES string of the molecule is OC(CNCc1ccc(F)c(Cl)c1)COCC1CC1. The summed E-state index contributed by atoms with van der Waals surface area (Å²) in [5.41, 5.74) is 0.887. The maximum atomic E-state index is 12.9. The fourth-order valence-corrected chi connectivity index (χ4v) is 1.95. The molecule has 1 unspecified atom stereocenters. The minimum atomic E-state index is -0.519. The van der Waals surface area contributed by atoms with Crippen molar-refractivity contribution in [1.82, 2.24) is 5.32 Å². The van der Waals surface area contributed by atoms with Crippen LogP contribution >= 0.6 is 11.6 Å². The van der Waals surface area contributed by atoms with Crippen molar-refractivity contribution in [2.45, 2.75) is 25.5 Å². The predicted octanol–water partition coefficient (Wildman–Crippen LogP) is 2.36. The van der Waals surface area contributed by atoms with E-state index in [0.717, 1.165) is 12.2 Å². The third-order valence-electron chi connectivity index (χ3n) is 3.05. The van der Waals surface area contributed by atoms with Crippen molar-refractivity contribution < 1.29 is 14.2 Å². The number of halogens is 2. The van der Waals surface area contributed by atoms with Gasteiger partial charge in [-0.2, -0.15) is 0 Å². The average Bonchev–Trinajstić information content (AvgIpc) is 3.18. The van der Waals surface area contributed by atoms with Gasteiger partial charge < -0.3 is 15.2 Å². The topological polar surface area (TPSA) is 41.5 Å². The van der Waals surface area contributed by atoms with E-state index >= 15 is 0 Å². The van der Waals surface area contributed by atoms with Crippen LogP contribution in [0.25, 0.3) is 0 Å². The van der Waals surface area contributed by atoms with Crippen LogP contribution in [0.4, 0.5) is 4.39 Å². The van der Waals surface area contributed by atoms with Crippen LogP contribution in [0, 0.1) is 11.7 Å². The van der Waals surface area contributed by atoms with E-state index in [-0.39, 0.29) is 5.02 Å². The van der Waals surface area contributed by atoms with Gasteiger partial charge in [-0.05, 0) is 36.5 Å². The van der Waals surface area contributed by atoms with Crippen molar-refractivity contribution >= 4 is 11.6 Å². The van der Waals surface area contributed by atoms with Crippen molar-refractivity contribution in [2.24, 2.45) is 5.92 Å². The van der Waals surface area contributed by atoms with Crippen molar-refractivity contribution in [3.8, 4) is 0 Å². The third kappa shape index (κ3) is 5.45. The van der Waals surface area contributed by atoms with Gasteiger partial charge in [0, 0.05) is 19.7 Å². The van der Waals surface area contributed by atoms with Gasteiger partial charge in [0.2, 0.25) is 0 Å². The fourth-order valence-electron chi connectivity index (χ4n) is 1.75. The molecule has 0 aromatic heterocycles. The van der Waals surface area contributed by atoms with Crippen molar-refractivity contribution in [2.75, 3.05) is 19.8 Å². The lowest BCUT2D eigenvalue weighted by Crippen LogP contribution is -2.30. The van der Waals surface area contributed by atoms with E-state index in [2.05, 4.69) is 5.32 Å². The summed E-state index contributed by atoms with van der Waals surface area (Å²) in [5, 5.41) is 12.9. The van der Waals surface area contributed by atoms with Gasteiger partial charge in [0.1, 0.15) is 5.82 Å². The molecule has 1 fully saturated rings. The molecule has 0 amide bonds. The zero-order valence-corrected chi connectivity index (χ0v) is 11.5. The van der Waals surface area contributed by atoms with Crippen molar-refractivity contribution in [3.63, 3.8) is 0 Å². The Morgan fingerprint density at radius 3 is 2.95 bits per heavy atom. The second kappa shape index (κ2) is 7.20. The van der Waals surface area contributed by atoms with Crippen LogP contribution in [0.1, 0.15) is 18.4 Å². The van der Waals surface area contributed by atoms with Crippen LogP contribution in [0.5, 0.6) is 0 Å². The highest BCUT2D eigenvalue weighted by Crippen LogP contribution is 2.28. The van der Waals surface area contributed by atoms with Crippen LogP contribution in [-0.4, -0.2) is 31.0 Å². The van der Waals surface area contributed by atoms with Crippen LogP contribution in [0.3, 0.4) is 0 Å². The normalized spacial score (nSPS) is 16.6. The lowest BCUT2D eigenvalue weighted by molar-refractivity contribution is 0.0324. The Balaban J connectivity index is 1.60. The Labute approximate surface area is 117 Å². The largest absolute Gasteiger partial charge is 0.389 e. The highest BCUT2D eigenvalue weighted by atomic mass is 35.5. The fraction of sp³-hybridized carbons (Fsp3) is 0.571. The average molecular weight is 288 g/mol. The van der Waals surface area contributed by atoms with E-state index in [0.29, 0.717) is 25.6 Å². The molecule has 0 aliphatic heterocycles. The summed E-state index contributed by atoms with van der Waals surface area (Å²) in [6.45, 7) is 2.09. The van der Waals surface area contributed by atoms with Crippen LogP contribution in [-0.2, 0) is 11.3 Å². The Bertz CT molecular complexity index is 412. The Kier molecular flexibility index (Phi) is 5.58. The standard InChI is InChI=1S/C14H19ClFNO2/c15-13-5-11(3-4-14(13)16)6-17-7-12(18)9-19-8-10-1-2-10/h3-5,10,12,17-18H,1-2,6-9H2. The van der Waals surface area contributed by atoms with Crippen molar-refractivity contribution in [1.29, 1.82) is 0 Å². The van der Waals surface area contributed by atoms with Gasteiger partial charge >= 0.3 is 0 Å². The minimum Gasteiger partial charge on any atom is -0.389 e. The molecule has 1 aliphatic rings. The van der Waals surface area contributed by atoms with Crippen LogP contribution in [0.2, 0.25) is 5.02 Å². The summed E-state index contributed by atoms with van der Waals surface area (Å²) in [6, 6.07) is 4.60. The molecule has 1 aromatic rings. The number of benzene rings is 1. The van der Waals surface area contributed by atoms with E-state index in [1.165, 1.54) is 18.9 Å². The molecule has 1 saturated carbocycles. The summed E-state index contributed by atoms with van der Waals surface area (Å²) >= 11 is 5.69. The zero-order chi connectivity index (χ0) is 13.7. The Hall–Kier alpha value is -0.680. The summed E-state index contributed by atoms with van der Waals surface area (Å²) in [4.78, 5) is 0. The molecule has 0 radical (unpaired) electrons. The monoisotopic (exact) mass is 287 g/mol. The van der Waals surface area contributed by atoms with Crippen LogP contribution < -0.4 is 5.32 Å². The highest BCUT2D eigenvalue weighted by molar-refractivity contribution is 6.30. The zero-order valence-electron chi connectivity index (χ0n) is 10.7. The Morgan fingerprint density at radius 2 is 2.26 bits per heavy atom. The first-order valence-electron chi connectivity index (χ1n) is 6.55. The van der Waals surface area contributed by atoms with Gasteiger partial charge in [0.15, 0.2) is 0 Å². The summed E-state index contributed by atoms with van der Waals surface area (Å²) in [5.74, 6) is 0.292. The molecule has 3 nitrogen and oxygen atoms in total. The first-order chi connectivity index (χ1) is 9.15. The quantitative estimate of drug-likeness (QED) is 0.771. The second-order valence-corrected chi connectivity index (χ2v) is 5.42. The molecule has 1 aromatic carbocycles. The maximum absolute atomic E-state index is 12.9. The highest BCUT2D eigenvalue weighted by Gasteiger charge is 2.21. The molecule has 106 valence electrons. The molecule has 2 rings (SSSR count). The van der Waals surface area contributed by atoms with E-state index in [4.69, 9.17) is 16.3 Å². The van der Waals surface area contributed by atoms with Gasteiger partial charge in [-0.1, -0.05) is 17.7 Å². The van der Waals surface area contributed by atoms with E-state index < -0.39 is 11.9 Å². The molecule has 2 N–H and O–H groups in total. The van der Waals surface area contributed by atoms with Crippen molar-refractivity contribution in [3.05, 3.63) is 34.6 Å². The first-order valence-corrected chi connectivity index (χ1v) is 6.93. The van der Waals surface area contributed by atoms with E-state index in [1.54, 1.807) is 12.1 Å². The van der Waals surface area contributed by atoms with E-state index in [1.807, 2.05) is 0 Å². The van der Waals surface area contributed by atoms with E-state index in [9.17, 15) is 9.50 Å². The number of aliphatic hydroxyl groups excluding tert-OH is 1. The molecule has 0 bridgehead atoms. The molecule has 1 aliphatic carbocycles. The molecule has 0 heterocycles. The summed E-state index contributed by atoms with van der Waals surface area (Å²) in [7, 11) is 0. The van der Waals surface area contributed by atoms with Crippen LogP contribution in [0.15, 0.2) is 18.2 Å². The number of nitrogens with one attached hydrogen (secondary N) is 1. The second-order valence-electron chi connectivity index (χ2n) is 5.01. The number of hydrogen-bond acceptors (Lipinski definition) is 3. The molecular formula is C14H19ClFNO2. The summed E-state index contributed by atoms with van der Waals surface area (Å²) < 4.78 is 18.3. The number of aliphatic hydroxyl groups is 1.